The molecular formula is C18H30N2O3. The van der Waals surface area contributed by atoms with Crippen LogP contribution < -0.4 is 10.6 Å². The van der Waals surface area contributed by atoms with Gasteiger partial charge in [0.2, 0.25) is 5.91 Å². The minimum atomic E-state index is -0.971. The molecule has 0 aromatic heterocycles. The molecule has 2 aliphatic rings. The summed E-state index contributed by atoms with van der Waals surface area (Å²) in [6, 6.07) is -0.473. The lowest BCUT2D eigenvalue weighted by atomic mass is 9.94. The van der Waals surface area contributed by atoms with Crippen LogP contribution in [0.1, 0.15) is 70.6 Å². The molecule has 2 rings (SSSR count). The van der Waals surface area contributed by atoms with Crippen LogP contribution in [0, 0.1) is 0 Å². The molecule has 0 heterocycles. The first-order valence-electron chi connectivity index (χ1n) is 9.11. The molecule has 0 saturated heterocycles. The lowest BCUT2D eigenvalue weighted by molar-refractivity contribution is -0.141. The van der Waals surface area contributed by atoms with Crippen LogP contribution in [0.25, 0.3) is 0 Å². The van der Waals surface area contributed by atoms with Crippen molar-refractivity contribution in [3.8, 4) is 0 Å². The SMILES string of the molecule is O=C(C=C1CCCCC1)N[C@@H](CNC1CCCCCC1)C(=O)O. The molecule has 5 heteroatoms. The topological polar surface area (TPSA) is 78.4 Å². The Morgan fingerprint density at radius 3 is 2.26 bits per heavy atom. The number of allylic oxidation sites excluding steroid dienone is 1. The van der Waals surface area contributed by atoms with Gasteiger partial charge in [0.15, 0.2) is 0 Å². The fourth-order valence-electron chi connectivity index (χ4n) is 3.52. The number of carbonyl (C=O) groups excluding carboxylic acids is 1. The predicted molar refractivity (Wildman–Crippen MR) is 90.2 cm³/mol. The zero-order chi connectivity index (χ0) is 16.5. The normalized spacial score (nSPS) is 21.3. The number of hydrogen-bond donors (Lipinski definition) is 3. The molecule has 0 unspecified atom stereocenters. The van der Waals surface area contributed by atoms with Crippen molar-refractivity contribution in [2.75, 3.05) is 6.54 Å². The summed E-state index contributed by atoms with van der Waals surface area (Å²) in [6.45, 7) is 0.301. The number of hydrogen-bond acceptors (Lipinski definition) is 3. The molecule has 5 nitrogen and oxygen atoms in total. The number of carboxylic acids is 1. The van der Waals surface area contributed by atoms with Crippen molar-refractivity contribution in [2.24, 2.45) is 0 Å². The lowest BCUT2D eigenvalue weighted by Crippen LogP contribution is -2.48. The summed E-state index contributed by atoms with van der Waals surface area (Å²) in [6.07, 6.45) is 14.2. The van der Waals surface area contributed by atoms with Crippen molar-refractivity contribution < 1.29 is 14.7 Å². The molecule has 0 bridgehead atoms. The summed E-state index contributed by atoms with van der Waals surface area (Å²) in [5.74, 6) is -1.24. The standard InChI is InChI=1S/C18H30N2O3/c21-17(12-14-8-4-3-5-9-14)20-16(18(22)23)13-19-15-10-6-1-2-7-11-15/h12,15-16,19H,1-11,13H2,(H,20,21)(H,22,23)/t16-/m0/s1. The maximum absolute atomic E-state index is 12.1. The summed E-state index contributed by atoms with van der Waals surface area (Å²) in [4.78, 5) is 23.4. The van der Waals surface area contributed by atoms with Crippen molar-refractivity contribution in [3.05, 3.63) is 11.6 Å². The van der Waals surface area contributed by atoms with Gasteiger partial charge in [-0.05, 0) is 38.5 Å². The van der Waals surface area contributed by atoms with E-state index in [4.69, 9.17) is 0 Å². The Bertz CT molecular complexity index is 418. The van der Waals surface area contributed by atoms with Gasteiger partial charge >= 0.3 is 5.97 Å². The summed E-state index contributed by atoms with van der Waals surface area (Å²) in [7, 11) is 0. The van der Waals surface area contributed by atoms with E-state index in [0.29, 0.717) is 12.6 Å². The summed E-state index contributed by atoms with van der Waals surface area (Å²) in [5.41, 5.74) is 1.15. The zero-order valence-corrected chi connectivity index (χ0v) is 14.0. The van der Waals surface area contributed by atoms with Crippen LogP contribution in [0.4, 0.5) is 0 Å². The second-order valence-electron chi connectivity index (χ2n) is 6.86. The second kappa shape index (κ2) is 9.71. The molecule has 23 heavy (non-hydrogen) atoms. The molecule has 0 spiro atoms. The van der Waals surface area contributed by atoms with Gasteiger partial charge in [-0.3, -0.25) is 4.79 Å². The largest absolute Gasteiger partial charge is 0.480 e. The molecule has 0 aromatic carbocycles. The minimum absolute atomic E-state index is 0.267. The van der Waals surface area contributed by atoms with E-state index in [1.165, 1.54) is 32.1 Å². The molecule has 1 atom stereocenters. The van der Waals surface area contributed by atoms with Gasteiger partial charge in [-0.1, -0.05) is 37.7 Å². The quantitative estimate of drug-likeness (QED) is 0.519. The van der Waals surface area contributed by atoms with E-state index in [-0.39, 0.29) is 5.91 Å². The lowest BCUT2D eigenvalue weighted by Gasteiger charge is -2.20. The van der Waals surface area contributed by atoms with Gasteiger partial charge in [0.25, 0.3) is 0 Å². The fourth-order valence-corrected chi connectivity index (χ4v) is 3.52. The zero-order valence-electron chi connectivity index (χ0n) is 14.0. The highest BCUT2D eigenvalue weighted by molar-refractivity contribution is 5.91. The molecule has 0 aliphatic heterocycles. The van der Waals surface area contributed by atoms with Gasteiger partial charge in [-0.25, -0.2) is 4.79 Å². The number of rotatable bonds is 6. The Labute approximate surface area is 138 Å². The van der Waals surface area contributed by atoms with Gasteiger partial charge in [0.05, 0.1) is 0 Å². The van der Waals surface area contributed by atoms with Gasteiger partial charge in [-0.2, -0.15) is 0 Å². The summed E-state index contributed by atoms with van der Waals surface area (Å²) >= 11 is 0. The summed E-state index contributed by atoms with van der Waals surface area (Å²) < 4.78 is 0. The van der Waals surface area contributed by atoms with Crippen LogP contribution in [0.2, 0.25) is 0 Å². The van der Waals surface area contributed by atoms with Crippen molar-refractivity contribution in [3.63, 3.8) is 0 Å². The Balaban J connectivity index is 1.80. The first kappa shape index (κ1) is 18.0. The van der Waals surface area contributed by atoms with E-state index in [1.54, 1.807) is 6.08 Å². The number of amides is 1. The van der Waals surface area contributed by atoms with Crippen molar-refractivity contribution in [1.29, 1.82) is 0 Å². The van der Waals surface area contributed by atoms with E-state index in [1.807, 2.05) is 0 Å². The van der Waals surface area contributed by atoms with Gasteiger partial charge in [0.1, 0.15) is 6.04 Å². The highest BCUT2D eigenvalue weighted by Gasteiger charge is 2.21. The highest BCUT2D eigenvalue weighted by atomic mass is 16.4. The van der Waals surface area contributed by atoms with Crippen LogP contribution in [-0.4, -0.2) is 35.6 Å². The molecular weight excluding hydrogens is 292 g/mol. The van der Waals surface area contributed by atoms with Crippen LogP contribution in [-0.2, 0) is 9.59 Å². The van der Waals surface area contributed by atoms with Crippen molar-refractivity contribution in [1.82, 2.24) is 10.6 Å². The Morgan fingerprint density at radius 1 is 1.04 bits per heavy atom. The first-order valence-corrected chi connectivity index (χ1v) is 9.11. The third kappa shape index (κ3) is 6.73. The Morgan fingerprint density at radius 2 is 1.65 bits per heavy atom. The van der Waals surface area contributed by atoms with Crippen molar-refractivity contribution in [2.45, 2.75) is 82.7 Å². The molecule has 2 aliphatic carbocycles. The van der Waals surface area contributed by atoms with Gasteiger partial charge in [-0.15, -0.1) is 0 Å². The first-order chi connectivity index (χ1) is 11.1. The number of carbonyl (C=O) groups is 2. The average Bonchev–Trinajstić information content (AvgIpc) is 2.81. The third-order valence-corrected chi connectivity index (χ3v) is 4.91. The van der Waals surface area contributed by atoms with E-state index in [2.05, 4.69) is 10.6 Å². The minimum Gasteiger partial charge on any atom is -0.480 e. The maximum atomic E-state index is 12.1. The highest BCUT2D eigenvalue weighted by Crippen LogP contribution is 2.22. The van der Waals surface area contributed by atoms with Crippen LogP contribution in [0.5, 0.6) is 0 Å². The van der Waals surface area contributed by atoms with E-state index in [0.717, 1.165) is 44.1 Å². The van der Waals surface area contributed by atoms with E-state index in [9.17, 15) is 14.7 Å². The third-order valence-electron chi connectivity index (χ3n) is 4.91. The Kier molecular flexibility index (Phi) is 7.59. The predicted octanol–water partition coefficient (Wildman–Crippen LogP) is 2.76. The molecule has 2 saturated carbocycles. The van der Waals surface area contributed by atoms with E-state index < -0.39 is 12.0 Å². The number of carboxylic acid groups (broad SMARTS) is 1. The second-order valence-corrected chi connectivity index (χ2v) is 6.86. The number of nitrogens with one attached hydrogen (secondary N) is 2. The molecule has 2 fully saturated rings. The average molecular weight is 322 g/mol. The maximum Gasteiger partial charge on any atom is 0.327 e. The smallest absolute Gasteiger partial charge is 0.327 e. The molecule has 130 valence electrons. The summed E-state index contributed by atoms with van der Waals surface area (Å²) in [5, 5.41) is 15.3. The van der Waals surface area contributed by atoms with Gasteiger partial charge in [0, 0.05) is 18.7 Å². The monoisotopic (exact) mass is 322 g/mol. The van der Waals surface area contributed by atoms with Crippen LogP contribution in [0.3, 0.4) is 0 Å². The van der Waals surface area contributed by atoms with Crippen LogP contribution >= 0.6 is 0 Å². The van der Waals surface area contributed by atoms with Crippen molar-refractivity contribution >= 4 is 11.9 Å². The van der Waals surface area contributed by atoms with Crippen LogP contribution in [0.15, 0.2) is 11.6 Å². The molecule has 3 N–H and O–H groups in total. The fraction of sp³-hybridized carbons (Fsp3) is 0.778. The van der Waals surface area contributed by atoms with Gasteiger partial charge < -0.3 is 15.7 Å². The number of aliphatic carboxylic acids is 1. The molecule has 1 amide bonds. The Hall–Kier alpha value is -1.36. The van der Waals surface area contributed by atoms with E-state index >= 15 is 0 Å². The molecule has 0 aromatic rings. The molecule has 0 radical (unpaired) electrons.